The highest BCUT2D eigenvalue weighted by Gasteiger charge is 2.31. The monoisotopic (exact) mass is 254 g/mol. The summed E-state index contributed by atoms with van der Waals surface area (Å²) in [6.07, 6.45) is -4.72. The summed E-state index contributed by atoms with van der Waals surface area (Å²) in [4.78, 5) is 0. The Morgan fingerprint density at radius 1 is 0.944 bits per heavy atom. The lowest BCUT2D eigenvalue weighted by molar-refractivity contribution is -0.274. The van der Waals surface area contributed by atoms with Crippen LogP contribution in [0.1, 0.15) is 0 Å². The number of ether oxygens (including phenoxy) is 1. The zero-order valence-electron chi connectivity index (χ0n) is 9.11. The number of phenolic OH excluding ortho intramolecular Hbond substituents is 1. The molecule has 2 aromatic rings. The molecule has 0 saturated carbocycles. The predicted molar refractivity (Wildman–Crippen MR) is 60.2 cm³/mol. The van der Waals surface area contributed by atoms with E-state index in [1.165, 1.54) is 24.3 Å². The Labute approximate surface area is 101 Å². The summed E-state index contributed by atoms with van der Waals surface area (Å²) < 4.78 is 40.1. The largest absolute Gasteiger partial charge is 0.573 e. The number of hydrogen-bond donors (Lipinski definition) is 1. The van der Waals surface area contributed by atoms with E-state index < -0.39 is 6.36 Å². The molecule has 0 spiro atoms. The number of para-hydroxylation sites is 1. The highest BCUT2D eigenvalue weighted by molar-refractivity contribution is 5.70. The zero-order chi connectivity index (χ0) is 13.2. The van der Waals surface area contributed by atoms with E-state index in [9.17, 15) is 18.3 Å². The minimum Gasteiger partial charge on any atom is -0.507 e. The summed E-state index contributed by atoms with van der Waals surface area (Å²) in [6.45, 7) is 0. The van der Waals surface area contributed by atoms with Gasteiger partial charge in [-0.1, -0.05) is 30.3 Å². The Kier molecular flexibility index (Phi) is 3.14. The van der Waals surface area contributed by atoms with Crippen LogP contribution in [-0.4, -0.2) is 11.5 Å². The molecule has 0 aliphatic heterocycles. The second-order valence-electron chi connectivity index (χ2n) is 3.59. The van der Waals surface area contributed by atoms with E-state index in [1.54, 1.807) is 24.3 Å². The van der Waals surface area contributed by atoms with Crippen LogP contribution in [0.3, 0.4) is 0 Å². The van der Waals surface area contributed by atoms with Crippen molar-refractivity contribution in [2.45, 2.75) is 6.36 Å². The number of phenols is 1. The van der Waals surface area contributed by atoms with E-state index in [1.807, 2.05) is 0 Å². The van der Waals surface area contributed by atoms with Crippen molar-refractivity contribution in [2.75, 3.05) is 0 Å². The van der Waals surface area contributed by atoms with Gasteiger partial charge >= 0.3 is 6.36 Å². The second-order valence-corrected chi connectivity index (χ2v) is 3.59. The number of aromatic hydroxyl groups is 1. The van der Waals surface area contributed by atoms with Gasteiger partial charge in [0.2, 0.25) is 0 Å². The third kappa shape index (κ3) is 2.94. The maximum atomic E-state index is 12.1. The Balaban J connectivity index is 2.36. The van der Waals surface area contributed by atoms with Crippen molar-refractivity contribution in [1.82, 2.24) is 0 Å². The molecule has 1 N–H and O–H groups in total. The van der Waals surface area contributed by atoms with Gasteiger partial charge in [-0.2, -0.15) is 0 Å². The molecule has 5 heteroatoms. The first-order valence-corrected chi connectivity index (χ1v) is 5.10. The van der Waals surface area contributed by atoms with E-state index in [0.29, 0.717) is 11.1 Å². The maximum absolute atomic E-state index is 12.1. The SMILES string of the molecule is Oc1ccccc1-c1cccc(OC(F)(F)F)c1. The van der Waals surface area contributed by atoms with Gasteiger partial charge < -0.3 is 9.84 Å². The van der Waals surface area contributed by atoms with Crippen LogP contribution in [0.2, 0.25) is 0 Å². The molecule has 94 valence electrons. The van der Waals surface area contributed by atoms with E-state index in [2.05, 4.69) is 4.74 Å². The van der Waals surface area contributed by atoms with Gasteiger partial charge in [0.05, 0.1) is 0 Å². The fourth-order valence-corrected chi connectivity index (χ4v) is 1.58. The molecule has 2 nitrogen and oxygen atoms in total. The average molecular weight is 254 g/mol. The molecule has 0 unspecified atom stereocenters. The number of halogens is 3. The lowest BCUT2D eigenvalue weighted by Gasteiger charge is -2.10. The van der Waals surface area contributed by atoms with Crippen molar-refractivity contribution in [3.8, 4) is 22.6 Å². The highest BCUT2D eigenvalue weighted by atomic mass is 19.4. The van der Waals surface area contributed by atoms with Gasteiger partial charge in [-0.3, -0.25) is 0 Å². The zero-order valence-corrected chi connectivity index (χ0v) is 9.11. The second kappa shape index (κ2) is 4.60. The first-order valence-electron chi connectivity index (χ1n) is 5.10. The number of hydrogen-bond acceptors (Lipinski definition) is 2. The molecule has 2 aromatic carbocycles. The topological polar surface area (TPSA) is 29.5 Å². The first kappa shape index (κ1) is 12.3. The Hall–Kier alpha value is -2.17. The normalized spacial score (nSPS) is 11.3. The summed E-state index contributed by atoms with van der Waals surface area (Å²) in [6, 6.07) is 11.9. The molecule has 0 radical (unpaired) electrons. The van der Waals surface area contributed by atoms with Gasteiger partial charge in [-0.25, -0.2) is 0 Å². The van der Waals surface area contributed by atoms with Crippen molar-refractivity contribution in [3.63, 3.8) is 0 Å². The van der Waals surface area contributed by atoms with E-state index in [0.717, 1.165) is 0 Å². The smallest absolute Gasteiger partial charge is 0.507 e. The number of rotatable bonds is 2. The summed E-state index contributed by atoms with van der Waals surface area (Å²) in [5, 5.41) is 9.62. The lowest BCUT2D eigenvalue weighted by Crippen LogP contribution is -2.17. The molecule has 18 heavy (non-hydrogen) atoms. The molecule has 0 amide bonds. The maximum Gasteiger partial charge on any atom is 0.573 e. The Morgan fingerprint density at radius 3 is 2.33 bits per heavy atom. The van der Waals surface area contributed by atoms with Crippen LogP contribution >= 0.6 is 0 Å². The van der Waals surface area contributed by atoms with Crippen LogP contribution < -0.4 is 4.74 Å². The molecule has 0 aliphatic rings. The van der Waals surface area contributed by atoms with E-state index >= 15 is 0 Å². The Bertz CT molecular complexity index is 550. The number of benzene rings is 2. The standard InChI is InChI=1S/C13H9F3O2/c14-13(15,16)18-10-5-3-4-9(8-10)11-6-1-2-7-12(11)17/h1-8,17H. The average Bonchev–Trinajstić information content (AvgIpc) is 2.27. The molecule has 0 atom stereocenters. The Morgan fingerprint density at radius 2 is 1.67 bits per heavy atom. The molecule has 0 saturated heterocycles. The molecule has 2 rings (SSSR count). The molecular weight excluding hydrogens is 245 g/mol. The van der Waals surface area contributed by atoms with Crippen LogP contribution in [0.25, 0.3) is 11.1 Å². The molecule has 0 aliphatic carbocycles. The fourth-order valence-electron chi connectivity index (χ4n) is 1.58. The molecule has 0 aromatic heterocycles. The minimum atomic E-state index is -4.72. The predicted octanol–water partition coefficient (Wildman–Crippen LogP) is 3.96. The third-order valence-corrected chi connectivity index (χ3v) is 2.28. The van der Waals surface area contributed by atoms with Crippen LogP contribution in [-0.2, 0) is 0 Å². The van der Waals surface area contributed by atoms with Gasteiger partial charge in [0.1, 0.15) is 11.5 Å². The van der Waals surface area contributed by atoms with Crippen molar-refractivity contribution in [2.24, 2.45) is 0 Å². The van der Waals surface area contributed by atoms with Gasteiger partial charge in [-0.15, -0.1) is 13.2 Å². The number of alkyl halides is 3. The van der Waals surface area contributed by atoms with Crippen LogP contribution in [0, 0.1) is 0 Å². The summed E-state index contributed by atoms with van der Waals surface area (Å²) in [5.74, 6) is -0.315. The van der Waals surface area contributed by atoms with Gasteiger partial charge in [0, 0.05) is 5.56 Å². The third-order valence-electron chi connectivity index (χ3n) is 2.28. The van der Waals surface area contributed by atoms with Gasteiger partial charge in [0.25, 0.3) is 0 Å². The van der Waals surface area contributed by atoms with Crippen LogP contribution in [0.5, 0.6) is 11.5 Å². The van der Waals surface area contributed by atoms with E-state index in [-0.39, 0.29) is 11.5 Å². The van der Waals surface area contributed by atoms with Gasteiger partial charge in [0.15, 0.2) is 0 Å². The lowest BCUT2D eigenvalue weighted by atomic mass is 10.0. The molecule has 0 bridgehead atoms. The van der Waals surface area contributed by atoms with Crippen molar-refractivity contribution in [1.29, 1.82) is 0 Å². The van der Waals surface area contributed by atoms with Gasteiger partial charge in [-0.05, 0) is 23.8 Å². The van der Waals surface area contributed by atoms with E-state index in [4.69, 9.17) is 0 Å². The molecule has 0 heterocycles. The fraction of sp³-hybridized carbons (Fsp3) is 0.0769. The van der Waals surface area contributed by atoms with Crippen molar-refractivity contribution < 1.29 is 23.0 Å². The van der Waals surface area contributed by atoms with Crippen molar-refractivity contribution >= 4 is 0 Å². The quantitative estimate of drug-likeness (QED) is 0.879. The summed E-state index contributed by atoms with van der Waals surface area (Å²) in [7, 11) is 0. The van der Waals surface area contributed by atoms with Crippen LogP contribution in [0.4, 0.5) is 13.2 Å². The summed E-state index contributed by atoms with van der Waals surface area (Å²) in [5.41, 5.74) is 0.903. The summed E-state index contributed by atoms with van der Waals surface area (Å²) >= 11 is 0. The molecule has 0 fully saturated rings. The minimum absolute atomic E-state index is 0.00154. The molecular formula is C13H9F3O2. The van der Waals surface area contributed by atoms with Crippen molar-refractivity contribution in [3.05, 3.63) is 48.5 Å². The van der Waals surface area contributed by atoms with Crippen LogP contribution in [0.15, 0.2) is 48.5 Å². The first-order chi connectivity index (χ1) is 8.46. The highest BCUT2D eigenvalue weighted by Crippen LogP contribution is 2.32.